The molecule has 2 N–H and O–H groups in total. The fourth-order valence-corrected chi connectivity index (χ4v) is 4.34. The van der Waals surface area contributed by atoms with E-state index in [4.69, 9.17) is 4.74 Å². The van der Waals surface area contributed by atoms with Crippen molar-refractivity contribution in [2.75, 3.05) is 51.3 Å². The normalized spacial score (nSPS) is 18.5. The molecule has 2 aromatic rings. The molecule has 0 radical (unpaired) electrons. The van der Waals surface area contributed by atoms with E-state index >= 15 is 0 Å². The maximum absolute atomic E-state index is 12.8. The minimum atomic E-state index is -0.231. The second kappa shape index (κ2) is 10.6. The fraction of sp³-hybridized carbons (Fsp3) is 0.440. The molecular formula is C25H32N4O3. The van der Waals surface area contributed by atoms with Gasteiger partial charge in [-0.1, -0.05) is 31.2 Å². The predicted molar refractivity (Wildman–Crippen MR) is 125 cm³/mol. The van der Waals surface area contributed by atoms with Gasteiger partial charge in [-0.15, -0.1) is 0 Å². The van der Waals surface area contributed by atoms with Crippen LogP contribution in [0.15, 0.2) is 48.5 Å². The fourth-order valence-electron chi connectivity index (χ4n) is 4.34. The third-order valence-corrected chi connectivity index (χ3v) is 5.99. The number of carbonyl (C=O) groups excluding carboxylic acids is 2. The number of morpholine rings is 1. The van der Waals surface area contributed by atoms with E-state index in [2.05, 4.69) is 22.5 Å². The molecule has 7 heteroatoms. The van der Waals surface area contributed by atoms with Gasteiger partial charge in [0.1, 0.15) is 6.17 Å². The monoisotopic (exact) mass is 436 g/mol. The summed E-state index contributed by atoms with van der Waals surface area (Å²) in [5.74, 6) is -0.0296. The lowest BCUT2D eigenvalue weighted by atomic mass is 10.1. The molecule has 0 aromatic heterocycles. The number of carbonyl (C=O) groups is 2. The van der Waals surface area contributed by atoms with Crippen molar-refractivity contribution in [3.8, 4) is 0 Å². The van der Waals surface area contributed by atoms with Gasteiger partial charge in [0.05, 0.1) is 13.2 Å². The lowest BCUT2D eigenvalue weighted by Crippen LogP contribution is -2.38. The van der Waals surface area contributed by atoms with Crippen molar-refractivity contribution in [3.63, 3.8) is 0 Å². The number of hydrogen-bond donors (Lipinski definition) is 2. The second-order valence-corrected chi connectivity index (χ2v) is 8.28. The molecule has 1 fully saturated rings. The van der Waals surface area contributed by atoms with Crippen LogP contribution in [-0.4, -0.2) is 67.6 Å². The molecule has 7 nitrogen and oxygen atoms in total. The Balaban J connectivity index is 1.37. The number of benzene rings is 2. The van der Waals surface area contributed by atoms with Crippen LogP contribution in [0.3, 0.4) is 0 Å². The Morgan fingerprint density at radius 3 is 2.72 bits per heavy atom. The van der Waals surface area contributed by atoms with E-state index in [9.17, 15) is 9.59 Å². The molecular weight excluding hydrogens is 404 g/mol. The summed E-state index contributed by atoms with van der Waals surface area (Å²) in [6.45, 7) is 7.85. The SMILES string of the molecule is CCCN1C(=O)c2ccccc2C1Nc1cccc(C(=O)NCCCN2CCOCC2)c1. The van der Waals surface area contributed by atoms with Crippen LogP contribution in [0.1, 0.15) is 52.2 Å². The summed E-state index contributed by atoms with van der Waals surface area (Å²) in [5, 5.41) is 6.50. The van der Waals surface area contributed by atoms with E-state index in [1.54, 1.807) is 0 Å². The molecule has 4 rings (SSSR count). The van der Waals surface area contributed by atoms with Gasteiger partial charge in [-0.05, 0) is 43.7 Å². The highest BCUT2D eigenvalue weighted by molar-refractivity contribution is 5.99. The molecule has 1 atom stereocenters. The first-order valence-electron chi connectivity index (χ1n) is 11.5. The summed E-state index contributed by atoms with van der Waals surface area (Å²) < 4.78 is 5.37. The summed E-state index contributed by atoms with van der Waals surface area (Å²) in [7, 11) is 0. The number of nitrogens with zero attached hydrogens (tertiary/aromatic N) is 2. The van der Waals surface area contributed by atoms with Gasteiger partial charge < -0.3 is 20.3 Å². The maximum Gasteiger partial charge on any atom is 0.256 e. The van der Waals surface area contributed by atoms with Crippen molar-refractivity contribution in [1.29, 1.82) is 0 Å². The molecule has 0 spiro atoms. The number of hydrogen-bond acceptors (Lipinski definition) is 5. The maximum atomic E-state index is 12.8. The zero-order chi connectivity index (χ0) is 22.3. The van der Waals surface area contributed by atoms with Gasteiger partial charge in [0.15, 0.2) is 0 Å². The van der Waals surface area contributed by atoms with Crippen LogP contribution in [0.5, 0.6) is 0 Å². The van der Waals surface area contributed by atoms with Crippen molar-refractivity contribution in [2.45, 2.75) is 25.9 Å². The van der Waals surface area contributed by atoms with Crippen molar-refractivity contribution < 1.29 is 14.3 Å². The Morgan fingerprint density at radius 1 is 1.09 bits per heavy atom. The van der Waals surface area contributed by atoms with Crippen LogP contribution < -0.4 is 10.6 Å². The molecule has 2 aromatic carbocycles. The van der Waals surface area contributed by atoms with Gasteiger partial charge in [-0.25, -0.2) is 0 Å². The van der Waals surface area contributed by atoms with E-state index in [1.165, 1.54) is 0 Å². The molecule has 0 bridgehead atoms. The molecule has 170 valence electrons. The minimum Gasteiger partial charge on any atom is -0.379 e. The summed E-state index contributed by atoms with van der Waals surface area (Å²) in [4.78, 5) is 29.7. The van der Waals surface area contributed by atoms with Crippen LogP contribution in [0.4, 0.5) is 5.69 Å². The van der Waals surface area contributed by atoms with Gasteiger partial charge in [0, 0.05) is 48.6 Å². The lowest BCUT2D eigenvalue weighted by molar-refractivity contribution is 0.0374. The third-order valence-electron chi connectivity index (χ3n) is 5.99. The van der Waals surface area contributed by atoms with Crippen LogP contribution in [-0.2, 0) is 4.74 Å². The zero-order valence-electron chi connectivity index (χ0n) is 18.7. The van der Waals surface area contributed by atoms with Crippen LogP contribution in [0, 0.1) is 0 Å². The topological polar surface area (TPSA) is 73.9 Å². The first kappa shape index (κ1) is 22.3. The van der Waals surface area contributed by atoms with Crippen molar-refractivity contribution >= 4 is 17.5 Å². The van der Waals surface area contributed by atoms with E-state index in [0.717, 1.165) is 62.5 Å². The van der Waals surface area contributed by atoms with E-state index in [-0.39, 0.29) is 18.0 Å². The quantitative estimate of drug-likeness (QED) is 0.591. The summed E-state index contributed by atoms with van der Waals surface area (Å²) in [6.07, 6.45) is 1.56. The minimum absolute atomic E-state index is 0.0501. The Morgan fingerprint density at radius 2 is 1.91 bits per heavy atom. The van der Waals surface area contributed by atoms with Crippen molar-refractivity contribution in [3.05, 3.63) is 65.2 Å². The standard InChI is InChI=1S/C25H32N4O3/c1-2-12-29-23(21-9-3-4-10-22(21)25(29)31)27-20-8-5-7-19(18-20)24(30)26-11-6-13-28-14-16-32-17-15-28/h3-5,7-10,18,23,27H,2,6,11-17H2,1H3,(H,26,30). The Kier molecular flexibility index (Phi) is 7.39. The lowest BCUT2D eigenvalue weighted by Gasteiger charge is -2.27. The summed E-state index contributed by atoms with van der Waals surface area (Å²) in [5.41, 5.74) is 3.15. The highest BCUT2D eigenvalue weighted by Gasteiger charge is 2.35. The molecule has 1 unspecified atom stereocenters. The van der Waals surface area contributed by atoms with Crippen LogP contribution >= 0.6 is 0 Å². The zero-order valence-corrected chi connectivity index (χ0v) is 18.7. The van der Waals surface area contributed by atoms with Gasteiger partial charge in [-0.3, -0.25) is 14.5 Å². The number of ether oxygens (including phenoxy) is 1. The molecule has 0 saturated carbocycles. The van der Waals surface area contributed by atoms with Gasteiger partial charge in [0.25, 0.3) is 11.8 Å². The number of fused-ring (bicyclic) bond motifs is 1. The Hall–Kier alpha value is -2.90. The van der Waals surface area contributed by atoms with Gasteiger partial charge >= 0.3 is 0 Å². The van der Waals surface area contributed by atoms with Gasteiger partial charge in [0.2, 0.25) is 0 Å². The Bertz CT molecular complexity index is 942. The van der Waals surface area contributed by atoms with Gasteiger partial charge in [-0.2, -0.15) is 0 Å². The number of nitrogens with one attached hydrogen (secondary N) is 2. The molecule has 2 aliphatic heterocycles. The molecule has 0 aliphatic carbocycles. The number of rotatable bonds is 9. The van der Waals surface area contributed by atoms with E-state index < -0.39 is 0 Å². The second-order valence-electron chi connectivity index (χ2n) is 8.28. The highest BCUT2D eigenvalue weighted by Crippen LogP contribution is 2.34. The van der Waals surface area contributed by atoms with Crippen molar-refractivity contribution in [2.24, 2.45) is 0 Å². The predicted octanol–water partition coefficient (Wildman–Crippen LogP) is 3.12. The Labute approximate surface area is 189 Å². The smallest absolute Gasteiger partial charge is 0.256 e. The average molecular weight is 437 g/mol. The largest absolute Gasteiger partial charge is 0.379 e. The first-order valence-corrected chi connectivity index (χ1v) is 11.5. The molecule has 2 aliphatic rings. The molecule has 2 heterocycles. The molecule has 1 saturated heterocycles. The number of anilines is 1. The molecule has 32 heavy (non-hydrogen) atoms. The van der Waals surface area contributed by atoms with Crippen LogP contribution in [0.25, 0.3) is 0 Å². The van der Waals surface area contributed by atoms with Crippen LogP contribution in [0.2, 0.25) is 0 Å². The first-order chi connectivity index (χ1) is 15.7. The van der Waals surface area contributed by atoms with Crippen molar-refractivity contribution in [1.82, 2.24) is 15.1 Å². The third kappa shape index (κ3) is 5.11. The average Bonchev–Trinajstić information content (AvgIpc) is 3.09. The summed E-state index contributed by atoms with van der Waals surface area (Å²) >= 11 is 0. The van der Waals surface area contributed by atoms with E-state index in [0.29, 0.717) is 18.7 Å². The molecule has 2 amide bonds. The highest BCUT2D eigenvalue weighted by atomic mass is 16.5. The summed E-state index contributed by atoms with van der Waals surface area (Å²) in [6, 6.07) is 15.2. The van der Waals surface area contributed by atoms with E-state index in [1.807, 2.05) is 53.4 Å². The number of amides is 2.